The molecule has 0 saturated carbocycles. The van der Waals surface area contributed by atoms with Gasteiger partial charge in [0.1, 0.15) is 13.2 Å². The van der Waals surface area contributed by atoms with Crippen LogP contribution in [0.3, 0.4) is 0 Å². The SMILES string of the molecule is C.C.C.C.C.C=C(C)C(=O)OCCC[Si](O[Si](C)(C)C)(O[Si](C)(C)C)O[Si](C)(C)C.C=C(C)C(=O)OCCO.CC(C)(C(=O)OCCO)C(C)(C)C(=O)OCCC[Si](O[Si](C)(C)C)(O[Si](C)(C)C)O[Si](C)(C)C. The number of carbonyl (C=O) groups is 4. The minimum absolute atomic E-state index is 0. The molecule has 0 aliphatic heterocycles. The van der Waals surface area contributed by atoms with Crippen LogP contribution in [0.25, 0.3) is 0 Å². The van der Waals surface area contributed by atoms with E-state index in [0.717, 1.165) is 0 Å². The molecule has 0 unspecified atom stereocenters. The summed E-state index contributed by atoms with van der Waals surface area (Å²) in [6, 6.07) is 1.25. The van der Waals surface area contributed by atoms with Gasteiger partial charge in [-0.3, -0.25) is 9.59 Å². The van der Waals surface area contributed by atoms with Gasteiger partial charge in [0, 0.05) is 23.2 Å². The molecule has 0 radical (unpaired) electrons. The van der Waals surface area contributed by atoms with Crippen molar-refractivity contribution in [3.8, 4) is 0 Å². The van der Waals surface area contributed by atoms with Crippen LogP contribution >= 0.6 is 0 Å². The Morgan fingerprint density at radius 2 is 0.575 bits per heavy atom. The topological polar surface area (TPSA) is 201 Å². The van der Waals surface area contributed by atoms with Crippen LogP contribution in [0.1, 0.15) is 91.5 Å². The number of rotatable bonds is 29. The Balaban J connectivity index is -0.000000159. The zero-order chi connectivity index (χ0) is 54.6. The van der Waals surface area contributed by atoms with Crippen LogP contribution in [0, 0.1) is 10.8 Å². The van der Waals surface area contributed by atoms with Gasteiger partial charge in [0.05, 0.1) is 37.3 Å². The Labute approximate surface area is 458 Å². The summed E-state index contributed by atoms with van der Waals surface area (Å²) >= 11 is 0. The van der Waals surface area contributed by atoms with Crippen LogP contribution in [0.15, 0.2) is 24.3 Å². The summed E-state index contributed by atoms with van der Waals surface area (Å²) < 4.78 is 60.1. The van der Waals surface area contributed by atoms with Crippen molar-refractivity contribution in [3.05, 3.63) is 24.3 Å². The van der Waals surface area contributed by atoms with E-state index < -0.39 is 96.3 Å². The highest BCUT2D eigenvalue weighted by Gasteiger charge is 2.53. The Kier molecular flexibility index (Phi) is 44.6. The number of carbonyl (C=O) groups excluding carboxylic acids is 4. The van der Waals surface area contributed by atoms with E-state index in [0.29, 0.717) is 42.7 Å². The maximum Gasteiger partial charge on any atom is 0.469 e. The lowest BCUT2D eigenvalue weighted by molar-refractivity contribution is -0.176. The molecule has 0 aromatic rings. The monoisotopic (exact) mass is 1190 g/mol. The van der Waals surface area contributed by atoms with Crippen LogP contribution in [0.5, 0.6) is 0 Å². The molecule has 0 aromatic carbocycles. The highest BCUT2D eigenvalue weighted by molar-refractivity contribution is 6.91. The van der Waals surface area contributed by atoms with Crippen LogP contribution in [0.4, 0.5) is 0 Å². The van der Waals surface area contributed by atoms with E-state index in [2.05, 4.69) is 136 Å². The van der Waals surface area contributed by atoms with Crippen molar-refractivity contribution < 1.29 is 73.0 Å². The van der Waals surface area contributed by atoms with Gasteiger partial charge < -0.3 is 53.9 Å². The fourth-order valence-corrected chi connectivity index (χ4v) is 34.8. The zero-order valence-electron chi connectivity index (χ0n) is 47.1. The quantitative estimate of drug-likeness (QED) is 0.0235. The first-order valence-electron chi connectivity index (χ1n) is 23.5. The van der Waals surface area contributed by atoms with Gasteiger partial charge in [-0.25, -0.2) is 9.59 Å². The van der Waals surface area contributed by atoms with E-state index in [1.54, 1.807) is 41.5 Å². The Morgan fingerprint density at radius 1 is 0.384 bits per heavy atom. The average Bonchev–Trinajstić information content (AvgIpc) is 3.08. The fourth-order valence-electron chi connectivity index (χ4n) is 5.53. The van der Waals surface area contributed by atoms with Gasteiger partial charge in [-0.1, -0.05) is 50.3 Å². The summed E-state index contributed by atoms with van der Waals surface area (Å²) in [4.78, 5) is 47.5. The molecule has 24 heteroatoms. The van der Waals surface area contributed by atoms with Gasteiger partial charge in [0.25, 0.3) is 0 Å². The number of aliphatic hydroxyl groups excluding tert-OH is 2. The summed E-state index contributed by atoms with van der Waals surface area (Å²) in [6.07, 6.45) is 1.22. The van der Waals surface area contributed by atoms with Gasteiger partial charge in [-0.2, -0.15) is 0 Å². The van der Waals surface area contributed by atoms with Crippen molar-refractivity contribution in [3.63, 3.8) is 0 Å². The molecule has 0 spiro atoms. The van der Waals surface area contributed by atoms with Gasteiger partial charge in [-0.05, 0) is 172 Å². The number of aliphatic hydroxyl groups is 2. The second kappa shape index (κ2) is 36.8. The molecule has 0 aliphatic carbocycles. The van der Waals surface area contributed by atoms with Crippen molar-refractivity contribution in [2.45, 2.75) is 221 Å². The normalized spacial score (nSPS) is 12.4. The molecule has 16 nitrogen and oxygen atoms in total. The second-order valence-corrected chi connectivity index (χ2v) is 57.6. The van der Waals surface area contributed by atoms with E-state index in [1.165, 1.54) is 0 Å². The average molecular weight is 1190 g/mol. The van der Waals surface area contributed by atoms with Crippen molar-refractivity contribution in [1.82, 2.24) is 0 Å². The lowest BCUT2D eigenvalue weighted by Gasteiger charge is -2.43. The largest absolute Gasteiger partial charge is 0.469 e. The molecule has 0 heterocycles. The van der Waals surface area contributed by atoms with Crippen molar-refractivity contribution in [1.29, 1.82) is 0 Å². The van der Waals surface area contributed by atoms with E-state index in [9.17, 15) is 19.2 Å². The minimum Gasteiger partial charge on any atom is -0.465 e. The van der Waals surface area contributed by atoms with Crippen molar-refractivity contribution in [2.75, 3.05) is 39.6 Å². The standard InChI is InChI=1S/C22H50O8Si4.C16H38O5Si4.C6H10O3.5CH4/c1-21(2,22(3,4)20(25)27-17-15-23)19(24)26-16-14-18-34(28-31(5,6)7,29-32(8,9)10)30-33(11,12)13;1-15(2)16(17)18-13-12-14-25(19-22(3,4)5,20-23(6,7)8)21-24(9,10)11;1-5(2)6(8)9-4-3-7;;;;;/h23H,14-18H2,1-13H3;1,12-14H2,2-11H3;7H,1,3-4H2,2H3;5*1H4. The number of hydrogen-bond acceptors (Lipinski definition) is 16. The summed E-state index contributed by atoms with van der Waals surface area (Å²) in [5, 5.41) is 17.1. The molecule has 2 N–H and O–H groups in total. The maximum absolute atomic E-state index is 13.0. The second-order valence-electron chi connectivity index (χ2n) is 23.7. The van der Waals surface area contributed by atoms with Gasteiger partial charge in [0.2, 0.25) is 0 Å². The van der Waals surface area contributed by atoms with Crippen LogP contribution < -0.4 is 0 Å². The third-order valence-electron chi connectivity index (χ3n) is 8.42. The summed E-state index contributed by atoms with van der Waals surface area (Å²) in [7, 11) is -17.3. The van der Waals surface area contributed by atoms with Gasteiger partial charge in [0.15, 0.2) is 49.9 Å². The number of ether oxygens (including phenoxy) is 4. The van der Waals surface area contributed by atoms with Crippen molar-refractivity contribution in [2.24, 2.45) is 10.8 Å². The molecule has 73 heavy (non-hydrogen) atoms. The molecule has 442 valence electrons. The highest BCUT2D eigenvalue weighted by atomic mass is 28.5. The molecular weight excluding hydrogens is 1070 g/mol. The first-order valence-corrected chi connectivity index (χ1v) is 47.8. The molecule has 0 saturated heterocycles. The lowest BCUT2D eigenvalue weighted by atomic mass is 9.68. The summed E-state index contributed by atoms with van der Waals surface area (Å²) in [5.74, 6) is -1.83. The zero-order valence-corrected chi connectivity index (χ0v) is 55.1. The molecule has 0 fully saturated rings. The predicted molar refractivity (Wildman–Crippen MR) is 326 cm³/mol. The molecule has 0 bridgehead atoms. The third kappa shape index (κ3) is 43.5. The summed E-state index contributed by atoms with van der Waals surface area (Å²) in [5.41, 5.74) is -1.48. The van der Waals surface area contributed by atoms with Crippen LogP contribution in [-0.4, -0.2) is 141 Å². The Morgan fingerprint density at radius 3 is 0.781 bits per heavy atom. The van der Waals surface area contributed by atoms with E-state index in [1.807, 2.05) is 0 Å². The summed E-state index contributed by atoms with van der Waals surface area (Å²) in [6.45, 7) is 55.5. The highest BCUT2D eigenvalue weighted by Crippen LogP contribution is 2.41. The molecule has 0 aliphatic rings. The van der Waals surface area contributed by atoms with Gasteiger partial charge in [-0.15, -0.1) is 0 Å². The lowest BCUT2D eigenvalue weighted by Crippen LogP contribution is -2.60. The van der Waals surface area contributed by atoms with E-state index in [-0.39, 0.29) is 76.1 Å². The predicted octanol–water partition coefficient (Wildman–Crippen LogP) is 13.3. The molecule has 0 amide bonds. The van der Waals surface area contributed by atoms with Crippen LogP contribution in [0.2, 0.25) is 130 Å². The Bertz CT molecular complexity index is 1510. The molecule has 0 aromatic heterocycles. The van der Waals surface area contributed by atoms with Crippen molar-refractivity contribution >= 4 is 91.4 Å². The Hall–Kier alpha value is -1.22. The molecule has 0 atom stereocenters. The van der Waals surface area contributed by atoms with E-state index >= 15 is 0 Å². The third-order valence-corrected chi connectivity index (χ3v) is 32.5. The number of hydrogen-bond donors (Lipinski definition) is 2. The van der Waals surface area contributed by atoms with E-state index in [4.69, 9.17) is 49.1 Å². The smallest absolute Gasteiger partial charge is 0.465 e. The molecular formula is C49H118O16Si8. The number of esters is 4. The van der Waals surface area contributed by atoms with Crippen LogP contribution in [-0.2, 0) is 62.8 Å². The first kappa shape index (κ1) is 88.4. The maximum atomic E-state index is 13.0. The minimum atomic E-state index is -2.99. The first-order chi connectivity index (χ1) is 30.1. The van der Waals surface area contributed by atoms with Gasteiger partial charge >= 0.3 is 41.5 Å². The fraction of sp³-hybridized carbons (Fsp3) is 0.837. The molecule has 0 rings (SSSR count).